The highest BCUT2D eigenvalue weighted by Crippen LogP contribution is 2.35. The normalized spacial score (nSPS) is 15.6. The lowest BCUT2D eigenvalue weighted by Crippen LogP contribution is -2.49. The Balaban J connectivity index is 2.22. The molecule has 1 fully saturated rings. The lowest BCUT2D eigenvalue weighted by molar-refractivity contribution is -0.120. The van der Waals surface area contributed by atoms with Gasteiger partial charge in [-0.1, -0.05) is 20.8 Å². The van der Waals surface area contributed by atoms with Crippen molar-refractivity contribution in [1.29, 1.82) is 0 Å². The summed E-state index contributed by atoms with van der Waals surface area (Å²) in [7, 11) is 0. The van der Waals surface area contributed by atoms with E-state index in [-0.39, 0.29) is 18.9 Å². The average Bonchev–Trinajstić information content (AvgIpc) is 2.87. The zero-order chi connectivity index (χ0) is 18.5. The van der Waals surface area contributed by atoms with Crippen molar-refractivity contribution in [3.63, 3.8) is 0 Å². The van der Waals surface area contributed by atoms with Crippen molar-refractivity contribution in [1.82, 2.24) is 9.88 Å². The molecule has 0 saturated carbocycles. The Morgan fingerprint density at radius 3 is 2.48 bits per heavy atom. The van der Waals surface area contributed by atoms with Crippen LogP contribution in [0.1, 0.15) is 32.9 Å². The fourth-order valence-electron chi connectivity index (χ4n) is 3.04. The second-order valence-corrected chi connectivity index (χ2v) is 7.12. The first-order valence-electron chi connectivity index (χ1n) is 7.89. The predicted molar refractivity (Wildman–Crippen MR) is 94.0 cm³/mol. The van der Waals surface area contributed by atoms with Crippen molar-refractivity contribution < 1.29 is 19.5 Å². The number of nitrogens with two attached hydrogens (primary N) is 1. The summed E-state index contributed by atoms with van der Waals surface area (Å²) in [4.78, 5) is 36.6. The first kappa shape index (κ1) is 16.8. The quantitative estimate of drug-likeness (QED) is 0.687. The third-order valence-corrected chi connectivity index (χ3v) is 4.26. The summed E-state index contributed by atoms with van der Waals surface area (Å²) in [5.41, 5.74) is 7.58. The van der Waals surface area contributed by atoms with E-state index in [1.165, 1.54) is 9.47 Å². The van der Waals surface area contributed by atoms with E-state index in [1.807, 2.05) is 20.8 Å². The van der Waals surface area contributed by atoms with Crippen molar-refractivity contribution in [2.75, 3.05) is 17.2 Å². The molecule has 4 N–H and O–H groups in total. The molecule has 8 heteroatoms. The molecule has 0 unspecified atom stereocenters. The molecule has 1 aromatic heterocycles. The summed E-state index contributed by atoms with van der Waals surface area (Å²) in [6.45, 7) is 5.97. The highest BCUT2D eigenvalue weighted by Gasteiger charge is 2.28. The molecule has 0 atom stereocenters. The number of nitrogens with zero attached hydrogens (tertiary/aromatic N) is 2. The summed E-state index contributed by atoms with van der Waals surface area (Å²) < 4.78 is 1.20. The maximum atomic E-state index is 12.1. The first-order valence-corrected chi connectivity index (χ1v) is 7.89. The summed E-state index contributed by atoms with van der Waals surface area (Å²) in [6.07, 6.45) is -0.939. The van der Waals surface area contributed by atoms with Crippen LogP contribution in [0.3, 0.4) is 0 Å². The van der Waals surface area contributed by atoms with E-state index in [1.54, 1.807) is 18.2 Å². The lowest BCUT2D eigenvalue weighted by atomic mass is 9.92. The van der Waals surface area contributed by atoms with Crippen molar-refractivity contribution >= 4 is 40.3 Å². The Hall–Kier alpha value is -3.03. The maximum Gasteiger partial charge on any atom is 0.416 e. The number of benzene rings is 1. The van der Waals surface area contributed by atoms with Crippen molar-refractivity contribution in [3.8, 4) is 0 Å². The van der Waals surface area contributed by atoms with Gasteiger partial charge in [-0.15, -0.1) is 0 Å². The van der Waals surface area contributed by atoms with Gasteiger partial charge >= 0.3 is 12.1 Å². The van der Waals surface area contributed by atoms with Crippen LogP contribution >= 0.6 is 0 Å². The van der Waals surface area contributed by atoms with Crippen molar-refractivity contribution in [2.24, 2.45) is 0 Å². The topological polar surface area (TPSA) is 118 Å². The molecule has 0 spiro atoms. The first-order chi connectivity index (χ1) is 11.6. The Morgan fingerprint density at radius 2 is 1.92 bits per heavy atom. The van der Waals surface area contributed by atoms with Gasteiger partial charge in [0.05, 0.1) is 5.52 Å². The second-order valence-electron chi connectivity index (χ2n) is 7.12. The van der Waals surface area contributed by atoms with E-state index in [9.17, 15) is 19.5 Å². The lowest BCUT2D eigenvalue weighted by Gasteiger charge is -2.27. The van der Waals surface area contributed by atoms with Crippen molar-refractivity contribution in [2.45, 2.75) is 32.6 Å². The van der Waals surface area contributed by atoms with Gasteiger partial charge in [-0.2, -0.15) is 0 Å². The van der Waals surface area contributed by atoms with Crippen LogP contribution in [0, 0.1) is 0 Å². The molecule has 8 nitrogen and oxygen atoms in total. The van der Waals surface area contributed by atoms with E-state index in [4.69, 9.17) is 5.73 Å². The summed E-state index contributed by atoms with van der Waals surface area (Å²) in [5.74, 6) is -0.334. The van der Waals surface area contributed by atoms with E-state index >= 15 is 0 Å². The maximum absolute atomic E-state index is 12.1. The van der Waals surface area contributed by atoms with Gasteiger partial charge in [0.15, 0.2) is 0 Å². The Bertz CT molecular complexity index is 907. The van der Waals surface area contributed by atoms with Gasteiger partial charge in [0.1, 0.15) is 0 Å². The number of fused-ring (bicyclic) bond motifs is 1. The highest BCUT2D eigenvalue weighted by atomic mass is 16.4. The zero-order valence-corrected chi connectivity index (χ0v) is 14.3. The average molecular weight is 344 g/mol. The molecule has 2 aromatic rings. The van der Waals surface area contributed by atoms with Gasteiger partial charge in [0, 0.05) is 40.8 Å². The third kappa shape index (κ3) is 2.79. The van der Waals surface area contributed by atoms with E-state index in [0.717, 1.165) is 0 Å². The van der Waals surface area contributed by atoms with Crippen LogP contribution < -0.4 is 16.0 Å². The van der Waals surface area contributed by atoms with Crippen LogP contribution in [0.2, 0.25) is 0 Å². The number of aromatic nitrogens is 1. The molecule has 0 radical (unpaired) electrons. The third-order valence-electron chi connectivity index (χ3n) is 4.26. The van der Waals surface area contributed by atoms with Gasteiger partial charge in [-0.3, -0.25) is 15.0 Å². The van der Waals surface area contributed by atoms with Crippen LogP contribution in [-0.2, 0) is 10.2 Å². The SMILES string of the molecule is CC(C)(C)c1cc2c(N)cc(N3CCC(=O)NC3=O)cc2n1C(=O)O. The molecule has 1 aromatic carbocycles. The fourth-order valence-corrected chi connectivity index (χ4v) is 3.04. The molecule has 132 valence electrons. The van der Waals surface area contributed by atoms with Crippen LogP contribution in [0.5, 0.6) is 0 Å². The van der Waals surface area contributed by atoms with Gasteiger partial charge in [0.25, 0.3) is 0 Å². The van der Waals surface area contributed by atoms with Crippen LogP contribution in [0.25, 0.3) is 10.9 Å². The minimum Gasteiger partial charge on any atom is -0.464 e. The number of imide groups is 1. The minimum atomic E-state index is -1.12. The Morgan fingerprint density at radius 1 is 1.24 bits per heavy atom. The number of hydrogen-bond donors (Lipinski definition) is 3. The van der Waals surface area contributed by atoms with Crippen LogP contribution in [0.15, 0.2) is 18.2 Å². The number of rotatable bonds is 1. The van der Waals surface area contributed by atoms with E-state index in [0.29, 0.717) is 28.0 Å². The van der Waals surface area contributed by atoms with Gasteiger partial charge in [0.2, 0.25) is 5.91 Å². The number of carbonyl (C=O) groups excluding carboxylic acids is 2. The molecule has 0 bridgehead atoms. The molecule has 3 amide bonds. The van der Waals surface area contributed by atoms with Gasteiger partial charge in [-0.05, 0) is 18.2 Å². The number of carboxylic acid groups (broad SMARTS) is 1. The summed E-state index contributed by atoms with van der Waals surface area (Å²) >= 11 is 0. The molecule has 2 heterocycles. The molecular formula is C17H20N4O4. The molecule has 3 rings (SSSR count). The largest absolute Gasteiger partial charge is 0.464 e. The predicted octanol–water partition coefficient (Wildman–Crippen LogP) is 2.49. The van der Waals surface area contributed by atoms with Crippen LogP contribution in [0.4, 0.5) is 21.0 Å². The monoisotopic (exact) mass is 344 g/mol. The molecule has 0 aliphatic carbocycles. The number of hydrogen-bond acceptors (Lipinski definition) is 4. The van der Waals surface area contributed by atoms with Gasteiger partial charge in [-0.25, -0.2) is 14.2 Å². The number of carbonyl (C=O) groups is 3. The summed E-state index contributed by atoms with van der Waals surface area (Å²) in [6, 6.07) is 4.46. The van der Waals surface area contributed by atoms with Crippen LogP contribution in [-0.4, -0.2) is 34.2 Å². The molecule has 1 aliphatic rings. The number of urea groups is 1. The standard InChI is InChI=1S/C17H20N4O4/c1-17(2,3)13-8-10-11(18)6-9(7-12(10)21(13)16(24)25)20-5-4-14(22)19-15(20)23/h6-8H,4-5,18H2,1-3H3,(H,24,25)(H,19,22,23). The number of amides is 3. The molecular weight excluding hydrogens is 324 g/mol. The van der Waals surface area contributed by atoms with Crippen molar-refractivity contribution in [3.05, 3.63) is 23.9 Å². The zero-order valence-electron chi connectivity index (χ0n) is 14.3. The van der Waals surface area contributed by atoms with Gasteiger partial charge < -0.3 is 10.8 Å². The Kier molecular flexibility index (Phi) is 3.70. The minimum absolute atomic E-state index is 0.177. The summed E-state index contributed by atoms with van der Waals surface area (Å²) in [5, 5.41) is 12.5. The smallest absolute Gasteiger partial charge is 0.416 e. The van der Waals surface area contributed by atoms with E-state index in [2.05, 4.69) is 5.32 Å². The highest BCUT2D eigenvalue weighted by molar-refractivity contribution is 6.08. The molecule has 1 aliphatic heterocycles. The Labute approximate surface area is 144 Å². The second kappa shape index (κ2) is 5.51. The molecule has 1 saturated heterocycles. The van der Waals surface area contributed by atoms with E-state index < -0.39 is 17.5 Å². The fraction of sp³-hybridized carbons (Fsp3) is 0.353. The number of nitrogens with one attached hydrogen (secondary N) is 1. The number of nitrogen functional groups attached to an aromatic ring is 1. The molecule has 25 heavy (non-hydrogen) atoms. The number of anilines is 2.